The Labute approximate surface area is 124 Å². The average molecular weight is 277 g/mol. The molecule has 20 heavy (non-hydrogen) atoms. The monoisotopic (exact) mass is 277 g/mol. The van der Waals surface area contributed by atoms with E-state index in [1.807, 2.05) is 0 Å². The Morgan fingerprint density at radius 2 is 1.50 bits per heavy atom. The van der Waals surface area contributed by atoms with Crippen LogP contribution in [-0.2, 0) is 0 Å². The summed E-state index contributed by atoms with van der Waals surface area (Å²) >= 11 is 0. The molecular weight excluding hydrogens is 246 g/mol. The van der Waals surface area contributed by atoms with Crippen LogP contribution < -0.4 is 10.1 Å². The zero-order valence-electron chi connectivity index (χ0n) is 13.9. The molecule has 1 N–H and O–H groups in total. The molecule has 2 atom stereocenters. The highest BCUT2D eigenvalue weighted by Crippen LogP contribution is 2.21. The predicted molar refractivity (Wildman–Crippen MR) is 87.3 cm³/mol. The van der Waals surface area contributed by atoms with Crippen molar-refractivity contribution in [2.24, 2.45) is 5.92 Å². The fourth-order valence-corrected chi connectivity index (χ4v) is 2.73. The van der Waals surface area contributed by atoms with Crippen LogP contribution in [-0.4, -0.2) is 12.1 Å². The van der Waals surface area contributed by atoms with Gasteiger partial charge in [0.15, 0.2) is 0 Å². The van der Waals surface area contributed by atoms with Gasteiger partial charge in [0, 0.05) is 12.1 Å². The summed E-state index contributed by atoms with van der Waals surface area (Å²) < 4.78 is 5.68. The van der Waals surface area contributed by atoms with Crippen LogP contribution in [0.15, 0.2) is 24.3 Å². The van der Waals surface area contributed by atoms with Gasteiger partial charge < -0.3 is 10.1 Å². The van der Waals surface area contributed by atoms with Crippen LogP contribution in [0.1, 0.15) is 66.0 Å². The third-order valence-electron chi connectivity index (χ3n) is 4.02. The van der Waals surface area contributed by atoms with Gasteiger partial charge in [0.05, 0.1) is 6.10 Å². The molecule has 0 spiro atoms. The molecule has 1 aromatic rings. The van der Waals surface area contributed by atoms with Crippen LogP contribution in [0.5, 0.6) is 5.75 Å². The van der Waals surface area contributed by atoms with Gasteiger partial charge in [-0.1, -0.05) is 38.8 Å². The van der Waals surface area contributed by atoms with E-state index in [1.165, 1.54) is 18.4 Å². The van der Waals surface area contributed by atoms with Crippen molar-refractivity contribution in [1.82, 2.24) is 5.32 Å². The summed E-state index contributed by atoms with van der Waals surface area (Å²) in [6.07, 6.45) is 2.70. The number of nitrogens with one attached hydrogen (secondary N) is 1. The molecule has 0 bridgehead atoms. The normalized spacial score (nSPS) is 14.6. The number of benzene rings is 1. The average Bonchev–Trinajstić information content (AvgIpc) is 2.40. The highest BCUT2D eigenvalue weighted by molar-refractivity contribution is 5.29. The van der Waals surface area contributed by atoms with Crippen molar-refractivity contribution in [3.63, 3.8) is 0 Å². The lowest BCUT2D eigenvalue weighted by Gasteiger charge is -2.26. The maximum Gasteiger partial charge on any atom is 0.119 e. The number of ether oxygens (including phenoxy) is 1. The predicted octanol–water partition coefficient (Wildman–Crippen LogP) is 4.95. The molecule has 0 fully saturated rings. The second-order valence-electron chi connectivity index (χ2n) is 5.99. The van der Waals surface area contributed by atoms with Crippen molar-refractivity contribution < 1.29 is 4.74 Å². The summed E-state index contributed by atoms with van der Waals surface area (Å²) in [6, 6.07) is 9.37. The van der Waals surface area contributed by atoms with Crippen LogP contribution in [0.4, 0.5) is 0 Å². The number of rotatable bonds is 8. The molecule has 0 aliphatic rings. The van der Waals surface area contributed by atoms with E-state index in [2.05, 4.69) is 71.1 Å². The Kier molecular flexibility index (Phi) is 7.08. The van der Waals surface area contributed by atoms with E-state index in [1.54, 1.807) is 0 Å². The van der Waals surface area contributed by atoms with E-state index < -0.39 is 0 Å². The Morgan fingerprint density at radius 3 is 1.95 bits per heavy atom. The first-order valence-corrected chi connectivity index (χ1v) is 8.00. The van der Waals surface area contributed by atoms with Gasteiger partial charge in [0.1, 0.15) is 5.75 Å². The van der Waals surface area contributed by atoms with Crippen LogP contribution >= 0.6 is 0 Å². The first kappa shape index (κ1) is 17.0. The first-order valence-electron chi connectivity index (χ1n) is 8.00. The zero-order valence-corrected chi connectivity index (χ0v) is 13.9. The largest absolute Gasteiger partial charge is 0.491 e. The summed E-state index contributed by atoms with van der Waals surface area (Å²) in [7, 11) is 0. The molecule has 0 heterocycles. The van der Waals surface area contributed by atoms with E-state index in [-0.39, 0.29) is 6.10 Å². The van der Waals surface area contributed by atoms with Crippen molar-refractivity contribution in [3.8, 4) is 5.75 Å². The molecule has 0 radical (unpaired) electrons. The third kappa shape index (κ3) is 5.16. The molecule has 0 amide bonds. The van der Waals surface area contributed by atoms with Crippen molar-refractivity contribution in [3.05, 3.63) is 29.8 Å². The second kappa shape index (κ2) is 8.31. The molecular formula is C18H31NO. The van der Waals surface area contributed by atoms with E-state index in [9.17, 15) is 0 Å². The Balaban J connectivity index is 2.61. The van der Waals surface area contributed by atoms with Crippen molar-refractivity contribution in [2.75, 3.05) is 0 Å². The maximum absolute atomic E-state index is 5.68. The Hall–Kier alpha value is -1.02. The second-order valence-corrected chi connectivity index (χ2v) is 5.99. The molecule has 0 saturated carbocycles. The molecule has 1 aromatic carbocycles. The third-order valence-corrected chi connectivity index (χ3v) is 4.02. The van der Waals surface area contributed by atoms with E-state index in [0.717, 1.165) is 11.7 Å². The lowest BCUT2D eigenvalue weighted by atomic mass is 9.94. The molecule has 2 unspecified atom stereocenters. The minimum absolute atomic E-state index is 0.228. The van der Waals surface area contributed by atoms with Gasteiger partial charge in [-0.25, -0.2) is 0 Å². The SMILES string of the molecule is CCC(CC)C(C)NC(C)c1ccc(OC(C)C)cc1. The van der Waals surface area contributed by atoms with Crippen LogP contribution in [0.2, 0.25) is 0 Å². The fraction of sp³-hybridized carbons (Fsp3) is 0.667. The molecule has 0 aromatic heterocycles. The summed E-state index contributed by atoms with van der Waals surface area (Å²) in [5.74, 6) is 1.70. The highest BCUT2D eigenvalue weighted by atomic mass is 16.5. The topological polar surface area (TPSA) is 21.3 Å². The summed E-state index contributed by atoms with van der Waals surface area (Å²) in [4.78, 5) is 0. The Morgan fingerprint density at radius 1 is 0.950 bits per heavy atom. The fourth-order valence-electron chi connectivity index (χ4n) is 2.73. The van der Waals surface area contributed by atoms with E-state index in [4.69, 9.17) is 4.74 Å². The first-order chi connectivity index (χ1) is 9.47. The molecule has 2 heteroatoms. The van der Waals surface area contributed by atoms with Gasteiger partial charge >= 0.3 is 0 Å². The lowest BCUT2D eigenvalue weighted by molar-refractivity contribution is 0.242. The maximum atomic E-state index is 5.68. The molecule has 114 valence electrons. The van der Waals surface area contributed by atoms with Crippen molar-refractivity contribution >= 4 is 0 Å². The van der Waals surface area contributed by atoms with E-state index >= 15 is 0 Å². The highest BCUT2D eigenvalue weighted by Gasteiger charge is 2.16. The minimum Gasteiger partial charge on any atom is -0.491 e. The van der Waals surface area contributed by atoms with Gasteiger partial charge in [0.25, 0.3) is 0 Å². The minimum atomic E-state index is 0.228. The quantitative estimate of drug-likeness (QED) is 0.726. The van der Waals surface area contributed by atoms with Crippen LogP contribution in [0, 0.1) is 5.92 Å². The summed E-state index contributed by atoms with van der Waals surface area (Å²) in [5.41, 5.74) is 1.32. The van der Waals surface area contributed by atoms with Gasteiger partial charge in [-0.3, -0.25) is 0 Å². The van der Waals surface area contributed by atoms with Gasteiger partial charge in [0.2, 0.25) is 0 Å². The van der Waals surface area contributed by atoms with Crippen LogP contribution in [0.3, 0.4) is 0 Å². The van der Waals surface area contributed by atoms with Gasteiger partial charge in [-0.05, 0) is 51.3 Å². The molecule has 2 nitrogen and oxygen atoms in total. The van der Waals surface area contributed by atoms with E-state index in [0.29, 0.717) is 12.1 Å². The van der Waals surface area contributed by atoms with Crippen molar-refractivity contribution in [1.29, 1.82) is 0 Å². The number of hydrogen-bond acceptors (Lipinski definition) is 2. The van der Waals surface area contributed by atoms with Crippen LogP contribution in [0.25, 0.3) is 0 Å². The standard InChI is InChI=1S/C18H31NO/c1-7-16(8-2)14(5)19-15(6)17-9-11-18(12-10-17)20-13(3)4/h9-16,19H,7-8H2,1-6H3. The smallest absolute Gasteiger partial charge is 0.119 e. The Bertz CT molecular complexity index is 368. The molecule has 0 aliphatic heterocycles. The summed E-state index contributed by atoms with van der Waals surface area (Å²) in [6.45, 7) is 13.2. The molecule has 0 saturated heterocycles. The zero-order chi connectivity index (χ0) is 15.1. The molecule has 0 aliphatic carbocycles. The lowest BCUT2D eigenvalue weighted by Crippen LogP contribution is -2.34. The van der Waals surface area contributed by atoms with Crippen molar-refractivity contribution in [2.45, 2.75) is 72.6 Å². The van der Waals surface area contributed by atoms with Gasteiger partial charge in [-0.2, -0.15) is 0 Å². The molecule has 1 rings (SSSR count). The van der Waals surface area contributed by atoms with Gasteiger partial charge in [-0.15, -0.1) is 0 Å². The summed E-state index contributed by atoms with van der Waals surface area (Å²) in [5, 5.41) is 3.72. The number of hydrogen-bond donors (Lipinski definition) is 1.